The van der Waals surface area contributed by atoms with Crippen LogP contribution in [0.4, 0.5) is 0 Å². The maximum atomic E-state index is 13.1. The Morgan fingerprint density at radius 2 is 1.58 bits per heavy atom. The summed E-state index contributed by atoms with van der Waals surface area (Å²) in [5.74, 6) is 0. The van der Waals surface area contributed by atoms with Crippen molar-refractivity contribution in [3.05, 3.63) is 64.7 Å². The van der Waals surface area contributed by atoms with Crippen molar-refractivity contribution in [2.24, 2.45) is 0 Å². The number of aryl methyl sites for hydroxylation is 3. The maximum Gasteiger partial charge on any atom is 0.243 e. The number of hydrogen-bond acceptors (Lipinski definition) is 3. The van der Waals surface area contributed by atoms with E-state index in [1.807, 2.05) is 51.1 Å². The standard InChI is InChI=1S/C21H28N2O2S/c1-16-13-17(2)21(18(3)14-16)26(24,25)23-11-9-20(10-12-23)22-15-19-7-5-4-6-8-19/h4-8,13-14,20,22H,9-12,15H2,1-3H3. The minimum Gasteiger partial charge on any atom is -0.310 e. The van der Waals surface area contributed by atoms with Crippen molar-refractivity contribution in [1.82, 2.24) is 9.62 Å². The second-order valence-electron chi connectivity index (χ2n) is 7.27. The van der Waals surface area contributed by atoms with Gasteiger partial charge in [0.05, 0.1) is 4.90 Å². The molecule has 0 spiro atoms. The molecule has 2 aromatic rings. The van der Waals surface area contributed by atoms with Gasteiger partial charge in [-0.2, -0.15) is 4.31 Å². The first-order valence-corrected chi connectivity index (χ1v) is 10.7. The highest BCUT2D eigenvalue weighted by Crippen LogP contribution is 2.27. The van der Waals surface area contributed by atoms with E-state index < -0.39 is 10.0 Å². The van der Waals surface area contributed by atoms with E-state index >= 15 is 0 Å². The van der Waals surface area contributed by atoms with Gasteiger partial charge in [-0.25, -0.2) is 8.42 Å². The molecule has 1 aliphatic heterocycles. The molecule has 1 heterocycles. The van der Waals surface area contributed by atoms with Crippen LogP contribution < -0.4 is 5.32 Å². The van der Waals surface area contributed by atoms with E-state index in [9.17, 15) is 8.42 Å². The number of piperidine rings is 1. The second kappa shape index (κ2) is 7.91. The van der Waals surface area contributed by atoms with Crippen LogP contribution in [-0.2, 0) is 16.6 Å². The Kier molecular flexibility index (Phi) is 5.80. The molecule has 4 nitrogen and oxygen atoms in total. The maximum absolute atomic E-state index is 13.1. The van der Waals surface area contributed by atoms with Gasteiger partial charge < -0.3 is 5.32 Å². The average molecular weight is 373 g/mol. The van der Waals surface area contributed by atoms with Crippen LogP contribution in [0.3, 0.4) is 0 Å². The lowest BCUT2D eigenvalue weighted by atomic mass is 10.1. The summed E-state index contributed by atoms with van der Waals surface area (Å²) in [6, 6.07) is 14.6. The number of rotatable bonds is 5. The molecule has 0 aromatic heterocycles. The van der Waals surface area contributed by atoms with Crippen molar-refractivity contribution in [3.63, 3.8) is 0 Å². The summed E-state index contributed by atoms with van der Waals surface area (Å²) < 4.78 is 27.9. The lowest BCUT2D eigenvalue weighted by Crippen LogP contribution is -2.44. The van der Waals surface area contributed by atoms with Gasteiger partial charge >= 0.3 is 0 Å². The molecular weight excluding hydrogens is 344 g/mol. The highest BCUT2D eigenvalue weighted by atomic mass is 32.2. The van der Waals surface area contributed by atoms with Gasteiger partial charge in [-0.3, -0.25) is 0 Å². The highest BCUT2D eigenvalue weighted by Gasteiger charge is 2.31. The molecule has 0 saturated carbocycles. The van der Waals surface area contributed by atoms with Gasteiger partial charge in [-0.15, -0.1) is 0 Å². The summed E-state index contributed by atoms with van der Waals surface area (Å²) in [6.45, 7) is 7.75. The molecule has 0 bridgehead atoms. The lowest BCUT2D eigenvalue weighted by molar-refractivity contribution is 0.288. The third-order valence-corrected chi connectivity index (χ3v) is 7.30. The van der Waals surface area contributed by atoms with E-state index in [1.165, 1.54) is 5.56 Å². The fourth-order valence-corrected chi connectivity index (χ4v) is 5.74. The van der Waals surface area contributed by atoms with Crippen molar-refractivity contribution < 1.29 is 8.42 Å². The van der Waals surface area contributed by atoms with E-state index in [0.29, 0.717) is 24.0 Å². The van der Waals surface area contributed by atoms with E-state index in [2.05, 4.69) is 17.4 Å². The van der Waals surface area contributed by atoms with E-state index in [0.717, 1.165) is 36.1 Å². The van der Waals surface area contributed by atoms with Crippen LogP contribution in [0.15, 0.2) is 47.4 Å². The van der Waals surface area contributed by atoms with Crippen LogP contribution in [0.5, 0.6) is 0 Å². The van der Waals surface area contributed by atoms with Gasteiger partial charge in [0, 0.05) is 25.7 Å². The SMILES string of the molecule is Cc1cc(C)c(S(=O)(=O)N2CCC(NCc3ccccc3)CC2)c(C)c1. The molecular formula is C21H28N2O2S. The normalized spacial score (nSPS) is 16.7. The molecule has 0 amide bonds. The van der Waals surface area contributed by atoms with Crippen LogP contribution >= 0.6 is 0 Å². The van der Waals surface area contributed by atoms with Gasteiger partial charge in [0.1, 0.15) is 0 Å². The number of sulfonamides is 1. The molecule has 2 aromatic carbocycles. The van der Waals surface area contributed by atoms with Crippen molar-refractivity contribution in [2.45, 2.75) is 51.1 Å². The molecule has 26 heavy (non-hydrogen) atoms. The Morgan fingerprint density at radius 1 is 1.00 bits per heavy atom. The Balaban J connectivity index is 1.64. The first-order valence-electron chi connectivity index (χ1n) is 9.23. The average Bonchev–Trinajstić information content (AvgIpc) is 2.60. The van der Waals surface area contributed by atoms with Crippen LogP contribution in [0.25, 0.3) is 0 Å². The van der Waals surface area contributed by atoms with E-state index in [-0.39, 0.29) is 0 Å². The monoisotopic (exact) mass is 372 g/mol. The lowest BCUT2D eigenvalue weighted by Gasteiger charge is -2.32. The molecule has 5 heteroatoms. The fraction of sp³-hybridized carbons (Fsp3) is 0.429. The molecule has 1 fully saturated rings. The van der Waals surface area contributed by atoms with Crippen molar-refractivity contribution >= 4 is 10.0 Å². The Bertz CT molecular complexity index is 832. The van der Waals surface area contributed by atoms with Crippen LogP contribution in [0, 0.1) is 20.8 Å². The minimum atomic E-state index is -3.43. The summed E-state index contributed by atoms with van der Waals surface area (Å²) in [5.41, 5.74) is 4.04. The Morgan fingerprint density at radius 3 is 2.15 bits per heavy atom. The molecule has 3 rings (SSSR count). The summed E-state index contributed by atoms with van der Waals surface area (Å²) in [4.78, 5) is 0.485. The molecule has 0 unspecified atom stereocenters. The zero-order chi connectivity index (χ0) is 18.7. The largest absolute Gasteiger partial charge is 0.310 e. The van der Waals surface area contributed by atoms with Crippen LogP contribution in [0.1, 0.15) is 35.1 Å². The number of benzene rings is 2. The smallest absolute Gasteiger partial charge is 0.243 e. The van der Waals surface area contributed by atoms with Gasteiger partial charge in [-0.1, -0.05) is 48.0 Å². The molecule has 1 saturated heterocycles. The molecule has 0 atom stereocenters. The number of nitrogens with zero attached hydrogens (tertiary/aromatic N) is 1. The quantitative estimate of drug-likeness (QED) is 0.873. The first kappa shape index (κ1) is 19.1. The second-order valence-corrected chi connectivity index (χ2v) is 9.15. The predicted molar refractivity (Wildman–Crippen MR) is 106 cm³/mol. The zero-order valence-corrected chi connectivity index (χ0v) is 16.6. The van der Waals surface area contributed by atoms with E-state index in [4.69, 9.17) is 0 Å². The van der Waals surface area contributed by atoms with Crippen LogP contribution in [0.2, 0.25) is 0 Å². The van der Waals surface area contributed by atoms with Crippen LogP contribution in [-0.4, -0.2) is 31.9 Å². The minimum absolute atomic E-state index is 0.363. The third-order valence-electron chi connectivity index (χ3n) is 5.09. The van der Waals surface area contributed by atoms with Gasteiger partial charge in [0.15, 0.2) is 0 Å². The molecule has 1 aliphatic rings. The summed E-state index contributed by atoms with van der Waals surface area (Å²) in [6.07, 6.45) is 1.69. The predicted octanol–water partition coefficient (Wildman–Crippen LogP) is 3.55. The summed E-state index contributed by atoms with van der Waals surface area (Å²) in [7, 11) is -3.43. The Hall–Kier alpha value is -1.69. The molecule has 0 radical (unpaired) electrons. The first-order chi connectivity index (χ1) is 12.4. The highest BCUT2D eigenvalue weighted by molar-refractivity contribution is 7.89. The number of hydrogen-bond donors (Lipinski definition) is 1. The summed E-state index contributed by atoms with van der Waals surface area (Å²) >= 11 is 0. The molecule has 0 aliphatic carbocycles. The van der Waals surface area contributed by atoms with Crippen molar-refractivity contribution in [2.75, 3.05) is 13.1 Å². The van der Waals surface area contributed by atoms with Gasteiger partial charge in [-0.05, 0) is 50.3 Å². The van der Waals surface area contributed by atoms with Gasteiger partial charge in [0.2, 0.25) is 10.0 Å². The van der Waals surface area contributed by atoms with Gasteiger partial charge in [0.25, 0.3) is 0 Å². The topological polar surface area (TPSA) is 49.4 Å². The Labute approximate surface area is 157 Å². The van der Waals surface area contributed by atoms with Crippen molar-refractivity contribution in [1.29, 1.82) is 0 Å². The third kappa shape index (κ3) is 4.17. The zero-order valence-electron chi connectivity index (χ0n) is 15.8. The summed E-state index contributed by atoms with van der Waals surface area (Å²) in [5, 5.41) is 3.56. The number of nitrogens with one attached hydrogen (secondary N) is 1. The van der Waals surface area contributed by atoms with E-state index in [1.54, 1.807) is 4.31 Å². The van der Waals surface area contributed by atoms with Crippen molar-refractivity contribution in [3.8, 4) is 0 Å². The fourth-order valence-electron chi connectivity index (χ4n) is 3.86. The molecule has 140 valence electrons. The molecule has 1 N–H and O–H groups in total.